The van der Waals surface area contributed by atoms with E-state index in [0.29, 0.717) is 6.54 Å². The number of hydrogen-bond acceptors (Lipinski definition) is 4. The number of halogens is 3. The molecule has 9 heteroatoms. The Morgan fingerprint density at radius 2 is 2.07 bits per heavy atom. The summed E-state index contributed by atoms with van der Waals surface area (Å²) < 4.78 is 40.9. The zero-order valence-corrected chi connectivity index (χ0v) is 13.9. The lowest BCUT2D eigenvalue weighted by Crippen LogP contribution is -2.14. The van der Waals surface area contributed by atoms with Gasteiger partial charge in [0.1, 0.15) is 5.82 Å². The van der Waals surface area contributed by atoms with E-state index >= 15 is 0 Å². The van der Waals surface area contributed by atoms with Gasteiger partial charge in [-0.1, -0.05) is 12.1 Å². The van der Waals surface area contributed by atoms with Crippen LogP contribution in [0.2, 0.25) is 0 Å². The van der Waals surface area contributed by atoms with E-state index in [2.05, 4.69) is 15.3 Å². The van der Waals surface area contributed by atoms with Gasteiger partial charge in [0.2, 0.25) is 0 Å². The first-order chi connectivity index (χ1) is 13.0. The third kappa shape index (κ3) is 4.50. The third-order valence-electron chi connectivity index (χ3n) is 3.78. The lowest BCUT2D eigenvalue weighted by Gasteiger charge is -2.08. The van der Waals surface area contributed by atoms with Crippen molar-refractivity contribution in [3.8, 4) is 0 Å². The average Bonchev–Trinajstić information content (AvgIpc) is 3.07. The van der Waals surface area contributed by atoms with E-state index in [1.54, 1.807) is 16.7 Å². The van der Waals surface area contributed by atoms with E-state index < -0.39 is 24.5 Å². The molecule has 0 aliphatic rings. The Balaban J connectivity index is 1.71. The molecule has 0 unspecified atom stereocenters. The Kier molecular flexibility index (Phi) is 5.51. The Morgan fingerprint density at radius 3 is 2.78 bits per heavy atom. The molecule has 6 nitrogen and oxygen atoms in total. The van der Waals surface area contributed by atoms with Crippen LogP contribution in [0.15, 0.2) is 49.1 Å². The minimum atomic E-state index is -2.86. The number of anilines is 1. The van der Waals surface area contributed by atoms with Crippen LogP contribution in [0.1, 0.15) is 33.6 Å². The maximum absolute atomic E-state index is 13.2. The summed E-state index contributed by atoms with van der Waals surface area (Å²) in [6.07, 6.45) is 1.24. The first-order valence-electron chi connectivity index (χ1n) is 7.91. The smallest absolute Gasteiger partial charge is 0.265 e. The molecule has 0 spiro atoms. The Morgan fingerprint density at radius 1 is 1.26 bits per heavy atom. The van der Waals surface area contributed by atoms with E-state index in [4.69, 9.17) is 5.11 Å². The van der Waals surface area contributed by atoms with Crippen molar-refractivity contribution in [2.24, 2.45) is 0 Å². The number of nitrogens with one attached hydrogen (secondary N) is 1. The molecule has 0 aliphatic carbocycles. The maximum atomic E-state index is 13.2. The van der Waals surface area contributed by atoms with Crippen molar-refractivity contribution in [3.63, 3.8) is 0 Å². The quantitative estimate of drug-likeness (QED) is 0.693. The molecule has 0 bridgehead atoms. The summed E-state index contributed by atoms with van der Waals surface area (Å²) in [5, 5.41) is 11.5. The number of carbonyl (C=O) groups excluding carboxylic acids is 1. The molecule has 27 heavy (non-hydrogen) atoms. The van der Waals surface area contributed by atoms with Crippen LogP contribution in [-0.4, -0.2) is 25.5 Å². The van der Waals surface area contributed by atoms with Crippen molar-refractivity contribution in [2.45, 2.75) is 19.6 Å². The fraction of sp³-hybridized carbons (Fsp3) is 0.167. The van der Waals surface area contributed by atoms with Gasteiger partial charge in [-0.3, -0.25) is 9.78 Å². The molecule has 140 valence electrons. The van der Waals surface area contributed by atoms with Gasteiger partial charge >= 0.3 is 0 Å². The molecule has 2 aromatic heterocycles. The number of aromatic nitrogens is 3. The molecular formula is C18H15F3N4O2. The molecule has 0 fully saturated rings. The van der Waals surface area contributed by atoms with Gasteiger partial charge in [0.15, 0.2) is 5.82 Å². The number of amides is 1. The second-order valence-electron chi connectivity index (χ2n) is 5.73. The summed E-state index contributed by atoms with van der Waals surface area (Å²) in [7, 11) is 0. The van der Waals surface area contributed by atoms with Crippen LogP contribution in [0.5, 0.6) is 0 Å². The molecule has 2 heterocycles. The van der Waals surface area contributed by atoms with Gasteiger partial charge in [0.25, 0.3) is 12.3 Å². The number of hydrogen-bond donors (Lipinski definition) is 2. The van der Waals surface area contributed by atoms with Crippen LogP contribution >= 0.6 is 0 Å². The second-order valence-corrected chi connectivity index (χ2v) is 5.73. The highest BCUT2D eigenvalue weighted by atomic mass is 19.3. The molecular weight excluding hydrogens is 361 g/mol. The summed E-state index contributed by atoms with van der Waals surface area (Å²) in [5.74, 6) is -0.805. The number of benzene rings is 1. The van der Waals surface area contributed by atoms with Crippen LogP contribution in [-0.2, 0) is 13.2 Å². The van der Waals surface area contributed by atoms with Crippen LogP contribution in [0, 0.1) is 5.82 Å². The third-order valence-corrected chi connectivity index (χ3v) is 3.78. The summed E-state index contributed by atoms with van der Waals surface area (Å²) in [6.45, 7) is -0.297. The Bertz CT molecular complexity index is 959. The molecule has 0 aliphatic heterocycles. The highest BCUT2D eigenvalue weighted by Gasteiger charge is 2.17. The fourth-order valence-electron chi connectivity index (χ4n) is 2.50. The summed E-state index contributed by atoms with van der Waals surface area (Å²) in [5.41, 5.74) is -0.0412. The largest absolute Gasteiger partial charge is 0.390 e. The molecule has 1 aromatic carbocycles. The van der Waals surface area contributed by atoms with Crippen LogP contribution in [0.4, 0.5) is 19.0 Å². The lowest BCUT2D eigenvalue weighted by atomic mass is 10.1. The molecule has 2 N–H and O–H groups in total. The lowest BCUT2D eigenvalue weighted by molar-refractivity contribution is 0.102. The van der Waals surface area contributed by atoms with Gasteiger partial charge in [-0.05, 0) is 23.8 Å². The predicted octanol–water partition coefficient (Wildman–Crippen LogP) is 3.15. The van der Waals surface area contributed by atoms with Gasteiger partial charge in [0.05, 0.1) is 24.2 Å². The van der Waals surface area contributed by atoms with E-state index in [1.165, 1.54) is 24.7 Å². The SMILES string of the molecule is O=C(Nc1cn(Cc2cccc(F)c2)cn1)c1cnc(CO)c(C(F)F)c1. The molecule has 1 amide bonds. The molecule has 3 aromatic rings. The number of nitrogens with zero attached hydrogens (tertiary/aromatic N) is 3. The average molecular weight is 376 g/mol. The van der Waals surface area contributed by atoms with Crippen molar-refractivity contribution >= 4 is 11.7 Å². The number of carbonyl (C=O) groups is 1. The van der Waals surface area contributed by atoms with Gasteiger partial charge < -0.3 is 15.0 Å². The summed E-state index contributed by atoms with van der Waals surface area (Å²) in [4.78, 5) is 20.0. The zero-order valence-electron chi connectivity index (χ0n) is 13.9. The van der Waals surface area contributed by atoms with Crippen molar-refractivity contribution in [3.05, 3.63) is 77.3 Å². The number of aliphatic hydroxyl groups excluding tert-OH is 1. The van der Waals surface area contributed by atoms with Crippen LogP contribution in [0.3, 0.4) is 0 Å². The van der Waals surface area contributed by atoms with Crippen LogP contribution < -0.4 is 5.32 Å². The van der Waals surface area contributed by atoms with Gasteiger partial charge in [-0.15, -0.1) is 0 Å². The van der Waals surface area contributed by atoms with Crippen LogP contribution in [0.25, 0.3) is 0 Å². The number of imidazole rings is 1. The van der Waals surface area contributed by atoms with Gasteiger partial charge in [0, 0.05) is 24.5 Å². The van der Waals surface area contributed by atoms with E-state index in [-0.39, 0.29) is 22.9 Å². The Labute approximate surface area is 152 Å². The molecule has 0 saturated carbocycles. The fourth-order valence-corrected chi connectivity index (χ4v) is 2.50. The number of alkyl halides is 2. The monoisotopic (exact) mass is 376 g/mol. The minimum absolute atomic E-state index is 0.0813. The topological polar surface area (TPSA) is 80.0 Å². The maximum Gasteiger partial charge on any atom is 0.265 e. The normalized spacial score (nSPS) is 11.0. The molecule has 3 rings (SSSR count). The van der Waals surface area contributed by atoms with E-state index in [1.807, 2.05) is 0 Å². The summed E-state index contributed by atoms with van der Waals surface area (Å²) >= 11 is 0. The van der Waals surface area contributed by atoms with Crippen molar-refractivity contribution in [2.75, 3.05) is 5.32 Å². The van der Waals surface area contributed by atoms with Gasteiger partial charge in [-0.2, -0.15) is 0 Å². The van der Waals surface area contributed by atoms with Gasteiger partial charge in [-0.25, -0.2) is 18.2 Å². The minimum Gasteiger partial charge on any atom is -0.390 e. The second kappa shape index (κ2) is 8.00. The molecule has 0 saturated heterocycles. The number of rotatable bonds is 6. The van der Waals surface area contributed by atoms with Crippen molar-refractivity contribution in [1.82, 2.24) is 14.5 Å². The van der Waals surface area contributed by atoms with Crippen molar-refractivity contribution < 1.29 is 23.1 Å². The predicted molar refractivity (Wildman–Crippen MR) is 90.8 cm³/mol. The summed E-state index contributed by atoms with van der Waals surface area (Å²) in [6, 6.07) is 7.06. The highest BCUT2D eigenvalue weighted by Crippen LogP contribution is 2.23. The number of pyridine rings is 1. The first-order valence-corrected chi connectivity index (χ1v) is 7.91. The molecule has 0 radical (unpaired) electrons. The highest BCUT2D eigenvalue weighted by molar-refractivity contribution is 6.03. The first kappa shape index (κ1) is 18.6. The number of aliphatic hydroxyl groups is 1. The Hall–Kier alpha value is -3.20. The van der Waals surface area contributed by atoms with E-state index in [9.17, 15) is 18.0 Å². The zero-order chi connectivity index (χ0) is 19.4. The molecule has 0 atom stereocenters. The van der Waals surface area contributed by atoms with Crippen molar-refractivity contribution in [1.29, 1.82) is 0 Å². The standard InChI is InChI=1S/C18H15F3N4O2/c19-13-3-1-2-11(4-13)7-25-8-16(23-10-25)24-18(27)12-5-14(17(20)21)15(9-26)22-6-12/h1-6,8,10,17,26H,7,9H2,(H,24,27). The van der Waals surface area contributed by atoms with E-state index in [0.717, 1.165) is 17.8 Å².